The molecule has 5 aromatic rings. The van der Waals surface area contributed by atoms with E-state index in [0.29, 0.717) is 51.3 Å². The van der Waals surface area contributed by atoms with E-state index in [1.54, 1.807) is 109 Å². The van der Waals surface area contributed by atoms with Crippen LogP contribution in [0.1, 0.15) is 109 Å². The summed E-state index contributed by atoms with van der Waals surface area (Å²) >= 11 is 0.948. The molecule has 39 nitrogen and oxygen atoms in total. The van der Waals surface area contributed by atoms with Crippen molar-refractivity contribution in [3.8, 4) is 17.2 Å². The van der Waals surface area contributed by atoms with Crippen molar-refractivity contribution in [3.63, 3.8) is 0 Å². The van der Waals surface area contributed by atoms with Gasteiger partial charge in [0.15, 0.2) is 0 Å². The van der Waals surface area contributed by atoms with Gasteiger partial charge in [-0.1, -0.05) is 60.7 Å². The van der Waals surface area contributed by atoms with Crippen molar-refractivity contribution in [2.45, 2.75) is 183 Å². The highest BCUT2D eigenvalue weighted by molar-refractivity contribution is 7.99. The summed E-state index contributed by atoms with van der Waals surface area (Å²) in [5.74, 6) is -14.7. The van der Waals surface area contributed by atoms with E-state index in [4.69, 9.17) is 43.9 Å². The molecular weight excluding hydrogens is 1570 g/mol. The van der Waals surface area contributed by atoms with Gasteiger partial charge >= 0.3 is 0 Å². The number of hydrogen-bond acceptors (Lipinski definition) is 23. The molecule has 1 aromatic heterocycles. The summed E-state index contributed by atoms with van der Waals surface area (Å²) in [5.41, 5.74) is 33.9. The van der Waals surface area contributed by atoms with Gasteiger partial charge in [-0.3, -0.25) is 76.7 Å². The molecule has 1 aliphatic heterocycles. The van der Waals surface area contributed by atoms with Gasteiger partial charge in [0.25, 0.3) is 0 Å². The molecule has 40 heteroatoms. The molecule has 0 bridgehead atoms. The molecule has 1 fully saturated rings. The number of H-pyrrole nitrogens is 1. The zero-order chi connectivity index (χ0) is 87.3. The summed E-state index contributed by atoms with van der Waals surface area (Å²) < 4.78 is 11.8. The van der Waals surface area contributed by atoms with Crippen LogP contribution in [-0.4, -0.2) is 228 Å². The lowest BCUT2D eigenvalue weighted by Crippen LogP contribution is -2.64. The summed E-state index contributed by atoms with van der Waals surface area (Å²) in [6.45, 7) is 4.24. The number of nitrogens with two attached hydrogens (primary N) is 6. The van der Waals surface area contributed by atoms with E-state index in [0.717, 1.165) is 18.7 Å². The predicted molar refractivity (Wildman–Crippen MR) is 437 cm³/mol. The largest absolute Gasteiger partial charge is 0.492 e. The Kier molecular flexibility index (Phi) is 38.9. The lowest BCUT2D eigenvalue weighted by atomic mass is 9.91. The molecule has 1 aliphatic rings. The van der Waals surface area contributed by atoms with Crippen LogP contribution in [0.15, 0.2) is 109 Å². The highest BCUT2D eigenvalue weighted by Crippen LogP contribution is 2.25. The van der Waals surface area contributed by atoms with E-state index in [9.17, 15) is 57.8 Å². The van der Waals surface area contributed by atoms with Crippen molar-refractivity contribution < 1.29 is 91.3 Å². The van der Waals surface area contributed by atoms with Gasteiger partial charge in [0, 0.05) is 82.0 Å². The molecule has 1 saturated heterocycles. The van der Waals surface area contributed by atoms with Crippen LogP contribution in [0.3, 0.4) is 0 Å². The number of amides is 16. The third-order valence-electron chi connectivity index (χ3n) is 18.9. The van der Waals surface area contributed by atoms with Gasteiger partial charge in [-0.05, 0) is 137 Å². The lowest BCUT2D eigenvalue weighted by molar-refractivity contribution is -0.138. The Balaban J connectivity index is 1.46. The fraction of sp³-hybridized carbons (Fsp3) is 0.468. The van der Waals surface area contributed by atoms with Crippen LogP contribution in [0, 0.1) is 0 Å². The molecule has 16 amide bonds. The molecule has 0 saturated carbocycles. The number of nitrogens with one attached hydrogen (secondary N) is 14. The number of thioether (sulfide) groups is 1. The number of carbonyl (C=O) groups is 16. The first kappa shape index (κ1) is 95.6. The van der Waals surface area contributed by atoms with Crippen LogP contribution < -0.4 is 113 Å². The number of ether oxygens (including phenoxy) is 2. The smallest absolute Gasteiger partial charge is 0.246 e. The predicted octanol–water partition coefficient (Wildman–Crippen LogP) is -4.28. The van der Waals surface area contributed by atoms with Crippen LogP contribution >= 0.6 is 11.8 Å². The average Bonchev–Trinajstić information content (AvgIpc) is 1.81. The maximum Gasteiger partial charge on any atom is 0.246 e. The second kappa shape index (κ2) is 48.4. The Morgan fingerprint density at radius 2 is 1.19 bits per heavy atom. The number of primary amides is 3. The van der Waals surface area contributed by atoms with Crippen molar-refractivity contribution >= 4 is 117 Å². The molecular formula is C79H110N20O19S. The summed E-state index contributed by atoms with van der Waals surface area (Å²) in [4.78, 5) is 227. The number of aliphatic hydroxyl groups excluding tert-OH is 1. The number of aromatic amines is 1. The fourth-order valence-corrected chi connectivity index (χ4v) is 13.6. The monoisotopic (exact) mass is 1670 g/mol. The van der Waals surface area contributed by atoms with Gasteiger partial charge < -0.3 is 123 Å². The minimum absolute atomic E-state index is 0.107. The molecule has 0 spiro atoms. The van der Waals surface area contributed by atoms with E-state index < -0.39 is 199 Å². The van der Waals surface area contributed by atoms with Gasteiger partial charge in [0.1, 0.15) is 89.8 Å². The number of benzene rings is 4. The van der Waals surface area contributed by atoms with Crippen molar-refractivity contribution in [2.24, 2.45) is 34.4 Å². The molecule has 0 radical (unpaired) electrons. The van der Waals surface area contributed by atoms with Crippen molar-refractivity contribution in [3.05, 3.63) is 126 Å². The Morgan fingerprint density at radius 1 is 0.588 bits per heavy atom. The molecule has 2 heterocycles. The van der Waals surface area contributed by atoms with Crippen LogP contribution in [0.25, 0.3) is 10.9 Å². The maximum absolute atomic E-state index is 15.7. The Hall–Kier alpha value is -12.3. The number of aromatic nitrogens is 1. The van der Waals surface area contributed by atoms with Crippen LogP contribution in [0.5, 0.6) is 17.2 Å². The first-order valence-corrected chi connectivity index (χ1v) is 40.0. The summed E-state index contributed by atoms with van der Waals surface area (Å²) in [7, 11) is 0. The molecule has 27 N–H and O–H groups in total. The molecule has 12 atom stereocenters. The van der Waals surface area contributed by atoms with Crippen molar-refractivity contribution in [2.75, 3.05) is 50.8 Å². The number of para-hydroxylation sites is 2. The third-order valence-corrected chi connectivity index (χ3v) is 20.0. The van der Waals surface area contributed by atoms with E-state index >= 15 is 24.0 Å². The molecule has 646 valence electrons. The van der Waals surface area contributed by atoms with Gasteiger partial charge in [-0.15, -0.1) is 0 Å². The SMILES string of the molecule is CC(=O)NCCCC[C@H](NC(=O)[C@](C)(CCCCN)NC(=O)[C@H](Cc1ccc(Oc2ccccc2)cc1)NC(=O)[C@H](Cc1ccc(OCCN)cc1)NC(=O)[C@@H]1CSCC[C@H](NC(C)=O)C(=O)N[C@@H](CN)C(=O)N[C@@H]([C@@H](C)O)C(=O)N[C@@H](Cc2c[nH]c3ccccc23)C(=O)N[C@@H](CCC(N)=O)C(=O)N1)C(=O)N[C@@H](CC(N)=O)C(=O)NCC(N)=O. The maximum atomic E-state index is 15.7. The van der Waals surface area contributed by atoms with E-state index in [2.05, 4.69) is 74.1 Å². The van der Waals surface area contributed by atoms with Crippen LogP contribution in [0.2, 0.25) is 0 Å². The second-order valence-electron chi connectivity index (χ2n) is 28.8. The first-order chi connectivity index (χ1) is 56.7. The highest BCUT2D eigenvalue weighted by atomic mass is 32.2. The van der Waals surface area contributed by atoms with E-state index in [1.807, 2.05) is 0 Å². The number of unbranched alkanes of at least 4 members (excludes halogenated alkanes) is 2. The van der Waals surface area contributed by atoms with E-state index in [1.165, 1.54) is 20.8 Å². The minimum Gasteiger partial charge on any atom is -0.492 e. The first-order valence-electron chi connectivity index (χ1n) is 38.8. The zero-order valence-corrected chi connectivity index (χ0v) is 67.6. The Morgan fingerprint density at radius 3 is 1.82 bits per heavy atom. The quantitative estimate of drug-likeness (QED) is 0.0165. The number of aliphatic hydroxyl groups is 1. The van der Waals surface area contributed by atoms with Gasteiger partial charge in [-0.25, -0.2) is 0 Å². The molecule has 4 aromatic carbocycles. The van der Waals surface area contributed by atoms with Gasteiger partial charge in [-0.2, -0.15) is 11.8 Å². The van der Waals surface area contributed by atoms with Crippen molar-refractivity contribution in [1.82, 2.24) is 74.1 Å². The Bertz CT molecular complexity index is 4330. The summed E-state index contributed by atoms with van der Waals surface area (Å²) in [6, 6.07) is 11.8. The highest BCUT2D eigenvalue weighted by Gasteiger charge is 2.42. The number of rotatable bonds is 41. The van der Waals surface area contributed by atoms with Crippen molar-refractivity contribution in [1.29, 1.82) is 0 Å². The number of hydrogen-bond donors (Lipinski definition) is 21. The fourth-order valence-electron chi connectivity index (χ4n) is 12.5. The van der Waals surface area contributed by atoms with Crippen LogP contribution in [-0.2, 0) is 96.0 Å². The standard InChI is InChI=1S/C79H110N20O19S/c1-44(100)67-77(115)94-60(38-49-41-87-54-17-9-8-16-53(49)54)73(111)90-56(27-28-64(83)103)70(108)96-63(43-119-35-29-57(89-46(3)102)71(109)95-62(40-82)74(112)98-67)75(113)91-58(36-47-19-23-50(24-20-47)117-34-32-81)72(110)92-59(37-48-21-25-52(26-22-48)118-51-14-6-5-7-15-51)76(114)99-79(4,30-11-12-31-80)78(116)97-55(18-10-13-33-86-45(2)101)69(107)93-61(39-65(84)104)68(106)88-42-66(85)105/h5-9,14-17,19-26,41,44,55-63,67,87,100H,10-13,18,27-40,42-43,80-82H2,1-4H3,(H2,83,103)(H2,84,104)(H2,85,105)(H,86,101)(H,88,106)(H,89,102)(H,90,111)(H,91,113)(H,92,110)(H,93,107)(H,94,115)(H,95,109)(H,96,108)(H,97,116)(H,98,112)(H,99,114)/t44-,55+,56+,57+,58+,59+,60+,61+,62+,63+,67+,79+/m1/s1. The topological polar surface area (TPSA) is 640 Å². The second-order valence-corrected chi connectivity index (χ2v) is 29.9. The lowest BCUT2D eigenvalue weighted by Gasteiger charge is -2.34. The average molecular weight is 1680 g/mol. The van der Waals surface area contributed by atoms with Crippen LogP contribution in [0.4, 0.5) is 0 Å². The zero-order valence-electron chi connectivity index (χ0n) is 66.8. The number of fused-ring (bicyclic) bond motifs is 1. The number of carbonyl (C=O) groups excluding carboxylic acids is 16. The summed E-state index contributed by atoms with van der Waals surface area (Å²) in [5, 5.41) is 45.1. The molecule has 6 rings (SSSR count). The molecule has 0 aliphatic carbocycles. The van der Waals surface area contributed by atoms with Gasteiger partial charge in [0.2, 0.25) is 94.5 Å². The minimum atomic E-state index is -2.01. The normalized spacial score (nSPS) is 18.7. The van der Waals surface area contributed by atoms with E-state index in [-0.39, 0.29) is 95.7 Å². The molecule has 0 unspecified atom stereocenters. The molecule has 119 heavy (non-hydrogen) atoms. The van der Waals surface area contributed by atoms with Gasteiger partial charge in [0.05, 0.1) is 19.1 Å². The Labute approximate surface area is 691 Å². The third kappa shape index (κ3) is 32.3. The summed E-state index contributed by atoms with van der Waals surface area (Å²) in [6.07, 6.45) is -2.65.